The number of nitrogens with one attached hydrogen (secondary N) is 1. The molecule has 0 spiro atoms. The lowest BCUT2D eigenvalue weighted by Gasteiger charge is -2.35. The van der Waals surface area contributed by atoms with Crippen LogP contribution in [0.15, 0.2) is 30.5 Å². The third kappa shape index (κ3) is 4.60. The highest BCUT2D eigenvalue weighted by Crippen LogP contribution is 2.28. The van der Waals surface area contributed by atoms with Gasteiger partial charge in [0.2, 0.25) is 0 Å². The zero-order chi connectivity index (χ0) is 19.2. The first-order chi connectivity index (χ1) is 13.1. The van der Waals surface area contributed by atoms with Gasteiger partial charge in [-0.05, 0) is 50.5 Å². The third-order valence-electron chi connectivity index (χ3n) is 4.78. The molecule has 0 bridgehead atoms. The number of carbonyl (C=O) groups excluding carboxylic acids is 1. The minimum absolute atomic E-state index is 0.217. The van der Waals surface area contributed by atoms with Gasteiger partial charge >= 0.3 is 0 Å². The maximum absolute atomic E-state index is 13.2. The molecule has 6 nitrogen and oxygen atoms in total. The summed E-state index contributed by atoms with van der Waals surface area (Å²) >= 11 is 0. The molecular formula is C20H25FN4O2. The predicted molar refractivity (Wildman–Crippen MR) is 102 cm³/mol. The van der Waals surface area contributed by atoms with Crippen LogP contribution in [-0.4, -0.2) is 48.7 Å². The molecule has 1 unspecified atom stereocenters. The Labute approximate surface area is 158 Å². The summed E-state index contributed by atoms with van der Waals surface area (Å²) in [5.74, 6) is 0.589. The Morgan fingerprint density at radius 3 is 2.81 bits per heavy atom. The van der Waals surface area contributed by atoms with Crippen molar-refractivity contribution in [2.45, 2.75) is 32.2 Å². The van der Waals surface area contributed by atoms with E-state index in [2.05, 4.69) is 22.1 Å². The largest absolute Gasteiger partial charge is 0.383 e. The van der Waals surface area contributed by atoms with Crippen LogP contribution in [-0.2, 0) is 4.74 Å². The van der Waals surface area contributed by atoms with E-state index in [9.17, 15) is 9.18 Å². The van der Waals surface area contributed by atoms with Gasteiger partial charge in [-0.1, -0.05) is 0 Å². The second-order valence-corrected chi connectivity index (χ2v) is 6.72. The smallest absolute Gasteiger partial charge is 0.256 e. The fraction of sp³-hybridized carbons (Fsp3) is 0.450. The quantitative estimate of drug-likeness (QED) is 0.790. The molecule has 2 heterocycles. The average molecular weight is 372 g/mol. The Morgan fingerprint density at radius 1 is 1.33 bits per heavy atom. The van der Waals surface area contributed by atoms with E-state index in [0.29, 0.717) is 42.0 Å². The summed E-state index contributed by atoms with van der Waals surface area (Å²) in [4.78, 5) is 23.9. The molecule has 1 aliphatic heterocycles. The first-order valence-electron chi connectivity index (χ1n) is 9.27. The SMILES string of the molecule is COCCNC(=O)c1cnc(-c2ccc(F)cc2)nc1N1CCCCC1C. The lowest BCUT2D eigenvalue weighted by atomic mass is 10.0. The number of hydrogen-bond acceptors (Lipinski definition) is 5. The number of anilines is 1. The Bertz CT molecular complexity index is 782. The number of methoxy groups -OCH3 is 1. The van der Waals surface area contributed by atoms with Crippen LogP contribution in [0.5, 0.6) is 0 Å². The van der Waals surface area contributed by atoms with Crippen molar-refractivity contribution < 1.29 is 13.9 Å². The summed E-state index contributed by atoms with van der Waals surface area (Å²) < 4.78 is 18.2. The van der Waals surface area contributed by atoms with Gasteiger partial charge < -0.3 is 15.0 Å². The van der Waals surface area contributed by atoms with Gasteiger partial charge in [-0.25, -0.2) is 14.4 Å². The van der Waals surface area contributed by atoms with Crippen molar-refractivity contribution in [2.75, 3.05) is 31.7 Å². The fourth-order valence-electron chi connectivity index (χ4n) is 3.26. The van der Waals surface area contributed by atoms with E-state index in [0.717, 1.165) is 19.4 Å². The maximum Gasteiger partial charge on any atom is 0.256 e. The Kier molecular flexibility index (Phi) is 6.34. The zero-order valence-electron chi connectivity index (χ0n) is 15.7. The first-order valence-corrected chi connectivity index (χ1v) is 9.27. The molecule has 1 aliphatic rings. The van der Waals surface area contributed by atoms with Gasteiger partial charge in [-0.3, -0.25) is 4.79 Å². The van der Waals surface area contributed by atoms with Gasteiger partial charge in [-0.2, -0.15) is 0 Å². The molecule has 3 rings (SSSR count). The molecule has 27 heavy (non-hydrogen) atoms. The van der Waals surface area contributed by atoms with E-state index < -0.39 is 0 Å². The number of ether oxygens (including phenoxy) is 1. The number of amides is 1. The van der Waals surface area contributed by atoms with E-state index in [4.69, 9.17) is 9.72 Å². The highest BCUT2D eigenvalue weighted by Gasteiger charge is 2.25. The van der Waals surface area contributed by atoms with Crippen LogP contribution in [0.25, 0.3) is 11.4 Å². The minimum Gasteiger partial charge on any atom is -0.383 e. The summed E-state index contributed by atoms with van der Waals surface area (Å²) in [5.41, 5.74) is 1.17. The Morgan fingerprint density at radius 2 is 2.11 bits per heavy atom. The fourth-order valence-corrected chi connectivity index (χ4v) is 3.26. The Balaban J connectivity index is 1.96. The van der Waals surface area contributed by atoms with Crippen LogP contribution in [0, 0.1) is 5.82 Å². The summed E-state index contributed by atoms with van der Waals surface area (Å²) in [7, 11) is 1.59. The number of aromatic nitrogens is 2. The average Bonchev–Trinajstić information content (AvgIpc) is 2.68. The topological polar surface area (TPSA) is 67.3 Å². The summed E-state index contributed by atoms with van der Waals surface area (Å²) in [6, 6.07) is 6.35. The molecule has 1 aromatic carbocycles. The Hall–Kier alpha value is -2.54. The van der Waals surface area contributed by atoms with Crippen molar-refractivity contribution in [3.05, 3.63) is 41.8 Å². The molecule has 0 saturated carbocycles. The van der Waals surface area contributed by atoms with Gasteiger partial charge in [0.15, 0.2) is 5.82 Å². The van der Waals surface area contributed by atoms with Crippen LogP contribution in [0.1, 0.15) is 36.5 Å². The molecule has 144 valence electrons. The van der Waals surface area contributed by atoms with E-state index >= 15 is 0 Å². The normalized spacial score (nSPS) is 17.0. The molecule has 1 amide bonds. The molecule has 1 fully saturated rings. The van der Waals surface area contributed by atoms with Crippen molar-refractivity contribution in [2.24, 2.45) is 0 Å². The highest BCUT2D eigenvalue weighted by atomic mass is 19.1. The van der Waals surface area contributed by atoms with Crippen LogP contribution in [0.3, 0.4) is 0 Å². The summed E-state index contributed by atoms with van der Waals surface area (Å²) in [5, 5.41) is 2.84. The van der Waals surface area contributed by atoms with E-state index in [-0.39, 0.29) is 11.7 Å². The van der Waals surface area contributed by atoms with Crippen molar-refractivity contribution in [3.8, 4) is 11.4 Å². The van der Waals surface area contributed by atoms with Gasteiger partial charge in [0.1, 0.15) is 17.2 Å². The maximum atomic E-state index is 13.2. The van der Waals surface area contributed by atoms with Crippen molar-refractivity contribution in [3.63, 3.8) is 0 Å². The second kappa shape index (κ2) is 8.90. The molecule has 2 aromatic rings. The number of nitrogens with zero attached hydrogens (tertiary/aromatic N) is 3. The van der Waals surface area contributed by atoms with E-state index in [1.807, 2.05) is 0 Å². The number of carbonyl (C=O) groups is 1. The monoisotopic (exact) mass is 372 g/mol. The van der Waals surface area contributed by atoms with Crippen molar-refractivity contribution in [1.82, 2.24) is 15.3 Å². The molecule has 1 saturated heterocycles. The van der Waals surface area contributed by atoms with Gasteiger partial charge in [-0.15, -0.1) is 0 Å². The molecule has 1 aromatic heterocycles. The zero-order valence-corrected chi connectivity index (χ0v) is 15.7. The number of hydrogen-bond donors (Lipinski definition) is 1. The van der Waals surface area contributed by atoms with Crippen LogP contribution >= 0.6 is 0 Å². The molecule has 1 N–H and O–H groups in total. The van der Waals surface area contributed by atoms with Crippen LogP contribution in [0.2, 0.25) is 0 Å². The molecular weight excluding hydrogens is 347 g/mol. The lowest BCUT2D eigenvalue weighted by molar-refractivity contribution is 0.0936. The second-order valence-electron chi connectivity index (χ2n) is 6.72. The predicted octanol–water partition coefficient (Wildman–Crippen LogP) is 3.04. The van der Waals surface area contributed by atoms with E-state index in [1.54, 1.807) is 25.4 Å². The van der Waals surface area contributed by atoms with Gasteiger partial charge in [0, 0.05) is 38.0 Å². The number of benzene rings is 1. The van der Waals surface area contributed by atoms with Gasteiger partial charge in [0.25, 0.3) is 5.91 Å². The van der Waals surface area contributed by atoms with Crippen LogP contribution < -0.4 is 10.2 Å². The molecule has 1 atom stereocenters. The van der Waals surface area contributed by atoms with Gasteiger partial charge in [0.05, 0.1) is 6.61 Å². The van der Waals surface area contributed by atoms with Crippen LogP contribution in [0.4, 0.5) is 10.2 Å². The number of rotatable bonds is 6. The summed E-state index contributed by atoms with van der Waals surface area (Å²) in [6.07, 6.45) is 4.85. The highest BCUT2D eigenvalue weighted by molar-refractivity contribution is 5.99. The first kappa shape index (κ1) is 19.2. The molecule has 0 aliphatic carbocycles. The third-order valence-corrected chi connectivity index (χ3v) is 4.78. The summed E-state index contributed by atoms with van der Waals surface area (Å²) in [6.45, 7) is 3.85. The molecule has 7 heteroatoms. The van der Waals surface area contributed by atoms with Crippen molar-refractivity contribution >= 4 is 11.7 Å². The standard InChI is InChI=1S/C20H25FN4O2/c1-14-5-3-4-11-25(14)19-17(20(26)22-10-12-27-2)13-23-18(24-19)15-6-8-16(21)9-7-15/h6-9,13-14H,3-5,10-12H2,1-2H3,(H,22,26). The number of halogens is 1. The minimum atomic E-state index is -0.308. The number of piperidine rings is 1. The van der Waals surface area contributed by atoms with E-state index in [1.165, 1.54) is 18.6 Å². The lowest BCUT2D eigenvalue weighted by Crippen LogP contribution is -2.40. The van der Waals surface area contributed by atoms with Crippen molar-refractivity contribution in [1.29, 1.82) is 0 Å². The molecule has 0 radical (unpaired) electrons.